The van der Waals surface area contributed by atoms with Crippen LogP contribution in [0.5, 0.6) is 0 Å². The van der Waals surface area contributed by atoms with E-state index in [-0.39, 0.29) is 0 Å². The molecule has 1 aliphatic rings. The SMILES string of the molecule is CC(CN)NC1CCCC1n1ccnc1. The molecule has 3 N–H and O–H groups in total. The van der Waals surface area contributed by atoms with Gasteiger partial charge >= 0.3 is 0 Å². The summed E-state index contributed by atoms with van der Waals surface area (Å²) in [5.41, 5.74) is 5.63. The van der Waals surface area contributed by atoms with E-state index in [1.54, 1.807) is 0 Å². The molecule has 3 unspecified atom stereocenters. The van der Waals surface area contributed by atoms with Crippen LogP contribution >= 0.6 is 0 Å². The Kier molecular flexibility index (Phi) is 3.38. The summed E-state index contributed by atoms with van der Waals surface area (Å²) in [5, 5.41) is 3.59. The van der Waals surface area contributed by atoms with Crippen molar-refractivity contribution < 1.29 is 0 Å². The normalized spacial score (nSPS) is 28.1. The molecule has 1 saturated carbocycles. The lowest BCUT2D eigenvalue weighted by Crippen LogP contribution is -2.43. The number of imidazole rings is 1. The van der Waals surface area contributed by atoms with Gasteiger partial charge in [0.2, 0.25) is 0 Å². The summed E-state index contributed by atoms with van der Waals surface area (Å²) in [4.78, 5) is 4.11. The summed E-state index contributed by atoms with van der Waals surface area (Å²) < 4.78 is 2.22. The Bertz CT molecular complexity index is 283. The molecule has 0 aliphatic heterocycles. The van der Waals surface area contributed by atoms with Gasteiger partial charge in [0.15, 0.2) is 0 Å². The number of hydrogen-bond acceptors (Lipinski definition) is 3. The van der Waals surface area contributed by atoms with Crippen LogP contribution in [-0.2, 0) is 0 Å². The highest BCUT2D eigenvalue weighted by Gasteiger charge is 2.28. The fraction of sp³-hybridized carbons (Fsp3) is 0.727. The smallest absolute Gasteiger partial charge is 0.0949 e. The minimum Gasteiger partial charge on any atom is -0.333 e. The molecule has 4 nitrogen and oxygen atoms in total. The van der Waals surface area contributed by atoms with Gasteiger partial charge in [-0.2, -0.15) is 0 Å². The molecule has 1 fully saturated rings. The Morgan fingerprint density at radius 2 is 2.47 bits per heavy atom. The average molecular weight is 208 g/mol. The highest BCUT2D eigenvalue weighted by Crippen LogP contribution is 2.30. The molecule has 0 bridgehead atoms. The minimum atomic E-state index is 0.402. The van der Waals surface area contributed by atoms with Crippen LogP contribution in [-0.4, -0.2) is 28.2 Å². The molecule has 2 rings (SSSR count). The summed E-state index contributed by atoms with van der Waals surface area (Å²) in [6.07, 6.45) is 9.59. The number of nitrogens with zero attached hydrogens (tertiary/aromatic N) is 2. The monoisotopic (exact) mass is 208 g/mol. The van der Waals surface area contributed by atoms with Gasteiger partial charge in [-0.3, -0.25) is 0 Å². The van der Waals surface area contributed by atoms with Crippen LogP contribution in [0.1, 0.15) is 32.2 Å². The number of rotatable bonds is 4. The third-order valence-electron chi connectivity index (χ3n) is 3.24. The minimum absolute atomic E-state index is 0.402. The van der Waals surface area contributed by atoms with Gasteiger partial charge in [-0.1, -0.05) is 0 Å². The van der Waals surface area contributed by atoms with E-state index < -0.39 is 0 Å². The molecule has 1 aromatic heterocycles. The van der Waals surface area contributed by atoms with Crippen LogP contribution in [0, 0.1) is 0 Å². The van der Waals surface area contributed by atoms with Gasteiger partial charge in [-0.15, -0.1) is 0 Å². The van der Waals surface area contributed by atoms with Crippen LogP contribution in [0.3, 0.4) is 0 Å². The highest BCUT2D eigenvalue weighted by atomic mass is 15.1. The Labute approximate surface area is 90.9 Å². The summed E-state index contributed by atoms with van der Waals surface area (Å²) in [7, 11) is 0. The van der Waals surface area contributed by atoms with E-state index in [2.05, 4.69) is 28.0 Å². The first kappa shape index (κ1) is 10.6. The maximum absolute atomic E-state index is 5.63. The standard InChI is InChI=1S/C11H20N4/c1-9(7-12)14-10-3-2-4-11(10)15-6-5-13-8-15/h5-6,8-11,14H,2-4,7,12H2,1H3. The second-order valence-electron chi connectivity index (χ2n) is 4.42. The molecule has 0 aromatic carbocycles. The van der Waals surface area contributed by atoms with Crippen molar-refractivity contribution in [2.45, 2.75) is 44.3 Å². The van der Waals surface area contributed by atoms with Crippen molar-refractivity contribution in [2.75, 3.05) is 6.54 Å². The second kappa shape index (κ2) is 4.77. The third kappa shape index (κ3) is 2.38. The Morgan fingerprint density at radius 3 is 3.13 bits per heavy atom. The molecule has 0 radical (unpaired) electrons. The van der Waals surface area contributed by atoms with Crippen LogP contribution in [0.25, 0.3) is 0 Å². The van der Waals surface area contributed by atoms with Gasteiger partial charge < -0.3 is 15.6 Å². The fourth-order valence-electron chi connectivity index (χ4n) is 2.39. The molecular weight excluding hydrogens is 188 g/mol. The predicted molar refractivity (Wildman–Crippen MR) is 60.6 cm³/mol. The molecule has 15 heavy (non-hydrogen) atoms. The molecule has 0 saturated heterocycles. The fourth-order valence-corrected chi connectivity index (χ4v) is 2.39. The van der Waals surface area contributed by atoms with E-state index >= 15 is 0 Å². The molecule has 0 amide bonds. The van der Waals surface area contributed by atoms with Gasteiger partial charge in [0.1, 0.15) is 0 Å². The van der Waals surface area contributed by atoms with Crippen LogP contribution in [0.15, 0.2) is 18.7 Å². The molecule has 3 atom stereocenters. The molecule has 1 aliphatic carbocycles. The van der Waals surface area contributed by atoms with Crippen molar-refractivity contribution >= 4 is 0 Å². The first-order chi connectivity index (χ1) is 7.31. The zero-order chi connectivity index (χ0) is 10.7. The number of hydrogen-bond donors (Lipinski definition) is 2. The third-order valence-corrected chi connectivity index (χ3v) is 3.24. The quantitative estimate of drug-likeness (QED) is 0.773. The molecule has 1 heterocycles. The van der Waals surface area contributed by atoms with Crippen molar-refractivity contribution in [1.29, 1.82) is 0 Å². The topological polar surface area (TPSA) is 55.9 Å². The van der Waals surface area contributed by atoms with Gasteiger partial charge in [0, 0.05) is 37.1 Å². The molecule has 0 spiro atoms. The van der Waals surface area contributed by atoms with E-state index in [1.807, 2.05) is 12.5 Å². The number of nitrogens with one attached hydrogen (secondary N) is 1. The first-order valence-electron chi connectivity index (χ1n) is 5.75. The van der Waals surface area contributed by atoms with Gasteiger partial charge in [0.05, 0.1) is 6.33 Å². The van der Waals surface area contributed by atoms with Crippen molar-refractivity contribution in [3.8, 4) is 0 Å². The zero-order valence-electron chi connectivity index (χ0n) is 9.26. The maximum atomic E-state index is 5.63. The maximum Gasteiger partial charge on any atom is 0.0949 e. The molecule has 1 aromatic rings. The summed E-state index contributed by atoms with van der Waals surface area (Å²) in [5.74, 6) is 0. The van der Waals surface area contributed by atoms with Crippen LogP contribution < -0.4 is 11.1 Å². The second-order valence-corrected chi connectivity index (χ2v) is 4.42. The number of aromatic nitrogens is 2. The number of nitrogens with two attached hydrogens (primary N) is 1. The Balaban J connectivity index is 1.99. The van der Waals surface area contributed by atoms with E-state index in [0.717, 1.165) is 0 Å². The Morgan fingerprint density at radius 1 is 1.60 bits per heavy atom. The predicted octanol–water partition coefficient (Wildman–Crippen LogP) is 0.913. The van der Waals surface area contributed by atoms with Crippen molar-refractivity contribution in [3.05, 3.63) is 18.7 Å². The van der Waals surface area contributed by atoms with Gasteiger partial charge in [-0.05, 0) is 26.2 Å². The first-order valence-corrected chi connectivity index (χ1v) is 5.75. The van der Waals surface area contributed by atoms with E-state index in [1.165, 1.54) is 19.3 Å². The van der Waals surface area contributed by atoms with Crippen molar-refractivity contribution in [1.82, 2.24) is 14.9 Å². The molecule has 4 heteroatoms. The highest BCUT2D eigenvalue weighted by molar-refractivity contribution is 4.92. The van der Waals surface area contributed by atoms with E-state index in [9.17, 15) is 0 Å². The summed E-state index contributed by atoms with van der Waals surface area (Å²) in [6, 6.07) is 1.51. The average Bonchev–Trinajstić information content (AvgIpc) is 2.86. The lowest BCUT2D eigenvalue weighted by molar-refractivity contribution is 0.361. The summed E-state index contributed by atoms with van der Waals surface area (Å²) >= 11 is 0. The largest absolute Gasteiger partial charge is 0.333 e. The van der Waals surface area contributed by atoms with Crippen LogP contribution in [0.2, 0.25) is 0 Å². The lowest BCUT2D eigenvalue weighted by atomic mass is 10.1. The van der Waals surface area contributed by atoms with Crippen molar-refractivity contribution in [2.24, 2.45) is 5.73 Å². The summed E-state index contributed by atoms with van der Waals surface area (Å²) in [6.45, 7) is 2.84. The van der Waals surface area contributed by atoms with Crippen molar-refractivity contribution in [3.63, 3.8) is 0 Å². The van der Waals surface area contributed by atoms with Crippen LogP contribution in [0.4, 0.5) is 0 Å². The van der Waals surface area contributed by atoms with Gasteiger partial charge in [-0.25, -0.2) is 4.98 Å². The molecule has 84 valence electrons. The lowest BCUT2D eigenvalue weighted by Gasteiger charge is -2.25. The van der Waals surface area contributed by atoms with E-state index in [0.29, 0.717) is 24.7 Å². The molecular formula is C11H20N4. The van der Waals surface area contributed by atoms with E-state index in [4.69, 9.17) is 5.73 Å². The van der Waals surface area contributed by atoms with Gasteiger partial charge in [0.25, 0.3) is 0 Å². The Hall–Kier alpha value is -0.870. The zero-order valence-corrected chi connectivity index (χ0v) is 9.26.